The number of methoxy groups -OCH3 is 1. The van der Waals surface area contributed by atoms with Gasteiger partial charge in [0.25, 0.3) is 0 Å². The summed E-state index contributed by atoms with van der Waals surface area (Å²) in [7, 11) is 1.51. The highest BCUT2D eigenvalue weighted by molar-refractivity contribution is 14.1. The Morgan fingerprint density at radius 2 is 2.21 bits per heavy atom. The molecule has 0 saturated carbocycles. The molecule has 106 valence electrons. The molecule has 0 aliphatic heterocycles. The van der Waals surface area contributed by atoms with E-state index in [1.807, 2.05) is 31.2 Å². The highest BCUT2D eigenvalue weighted by Gasteiger charge is 2.36. The van der Waals surface area contributed by atoms with E-state index >= 15 is 0 Å². The Bertz CT molecular complexity index is 427. The highest BCUT2D eigenvalue weighted by Crippen LogP contribution is 2.33. The van der Waals surface area contributed by atoms with Crippen LogP contribution in [0, 0.1) is 3.57 Å². The van der Waals surface area contributed by atoms with Gasteiger partial charge in [0.05, 0.1) is 0 Å². The van der Waals surface area contributed by atoms with Gasteiger partial charge in [-0.05, 0) is 41.1 Å². The van der Waals surface area contributed by atoms with Crippen molar-refractivity contribution in [2.75, 3.05) is 13.9 Å². The van der Waals surface area contributed by atoms with E-state index in [1.165, 1.54) is 7.11 Å². The number of rotatable bonds is 7. The largest absolute Gasteiger partial charge is 0.412 e. The second-order valence-electron chi connectivity index (χ2n) is 3.99. The molecular weight excluding hydrogens is 361 g/mol. The number of carbonyl (C=O) groups is 1. The molecule has 5 nitrogen and oxygen atoms in total. The Hall–Kier alpha value is -0.860. The van der Waals surface area contributed by atoms with Crippen LogP contribution in [0.4, 0.5) is 4.79 Å². The molecule has 6 heteroatoms. The first-order valence-electron chi connectivity index (χ1n) is 5.91. The molecule has 0 unspecified atom stereocenters. The summed E-state index contributed by atoms with van der Waals surface area (Å²) in [5.41, 5.74) is 5.92. The number of carbonyl (C=O) groups excluding carboxylic acids is 1. The number of hydrogen-bond donors (Lipinski definition) is 1. The van der Waals surface area contributed by atoms with E-state index in [9.17, 15) is 4.79 Å². The SMILES string of the molecule is CCC[C@](OCOC)(OC(N)=O)c1cccc(I)c1. The van der Waals surface area contributed by atoms with Crippen molar-refractivity contribution in [3.05, 3.63) is 33.4 Å². The van der Waals surface area contributed by atoms with Crippen molar-refractivity contribution in [2.45, 2.75) is 25.6 Å². The molecule has 0 bridgehead atoms. The zero-order valence-corrected chi connectivity index (χ0v) is 13.2. The van der Waals surface area contributed by atoms with Crippen molar-refractivity contribution in [1.82, 2.24) is 0 Å². The van der Waals surface area contributed by atoms with Gasteiger partial charge in [-0.3, -0.25) is 0 Å². The fraction of sp³-hybridized carbons (Fsp3) is 0.462. The zero-order valence-electron chi connectivity index (χ0n) is 11.0. The van der Waals surface area contributed by atoms with E-state index in [2.05, 4.69) is 22.6 Å². The van der Waals surface area contributed by atoms with Crippen molar-refractivity contribution in [1.29, 1.82) is 0 Å². The topological polar surface area (TPSA) is 70.8 Å². The Labute approximate surface area is 126 Å². The lowest BCUT2D eigenvalue weighted by Gasteiger charge is -2.32. The molecule has 0 aliphatic carbocycles. The first-order valence-corrected chi connectivity index (χ1v) is 6.99. The number of halogens is 1. The Balaban J connectivity index is 3.15. The molecule has 0 aliphatic rings. The second kappa shape index (κ2) is 7.66. The Kier molecular flexibility index (Phi) is 6.53. The molecular formula is C13H18INO4. The third-order valence-corrected chi connectivity index (χ3v) is 3.19. The van der Waals surface area contributed by atoms with Crippen molar-refractivity contribution < 1.29 is 19.0 Å². The smallest absolute Gasteiger partial charge is 0.407 e. The number of nitrogens with two attached hydrogens (primary N) is 1. The maximum atomic E-state index is 11.2. The van der Waals surface area contributed by atoms with Crippen molar-refractivity contribution in [3.63, 3.8) is 0 Å². The molecule has 1 amide bonds. The Morgan fingerprint density at radius 1 is 1.47 bits per heavy atom. The minimum absolute atomic E-state index is 0.0127. The molecule has 0 spiro atoms. The van der Waals surface area contributed by atoms with Crippen LogP contribution in [-0.2, 0) is 20.0 Å². The van der Waals surface area contributed by atoms with E-state index in [0.29, 0.717) is 6.42 Å². The molecule has 0 radical (unpaired) electrons. The van der Waals surface area contributed by atoms with Crippen LogP contribution in [0.1, 0.15) is 25.3 Å². The van der Waals surface area contributed by atoms with Gasteiger partial charge in [0, 0.05) is 22.7 Å². The van der Waals surface area contributed by atoms with Crippen LogP contribution < -0.4 is 5.73 Å². The van der Waals surface area contributed by atoms with E-state index in [-0.39, 0.29) is 6.79 Å². The molecule has 1 aromatic rings. The normalized spacial score (nSPS) is 13.8. The van der Waals surface area contributed by atoms with Crippen LogP contribution in [-0.4, -0.2) is 20.0 Å². The quantitative estimate of drug-likeness (QED) is 0.584. The zero-order chi connectivity index (χ0) is 14.3. The van der Waals surface area contributed by atoms with Gasteiger partial charge in [0.2, 0.25) is 5.79 Å². The van der Waals surface area contributed by atoms with Crippen molar-refractivity contribution >= 4 is 28.7 Å². The van der Waals surface area contributed by atoms with Crippen molar-refractivity contribution in [3.8, 4) is 0 Å². The summed E-state index contributed by atoms with van der Waals surface area (Å²) >= 11 is 2.19. The van der Waals surface area contributed by atoms with Gasteiger partial charge in [-0.2, -0.15) is 0 Å². The molecule has 19 heavy (non-hydrogen) atoms. The van der Waals surface area contributed by atoms with E-state index < -0.39 is 11.9 Å². The second-order valence-corrected chi connectivity index (χ2v) is 5.23. The average molecular weight is 379 g/mol. The molecule has 1 rings (SSSR count). The first kappa shape index (κ1) is 16.2. The maximum absolute atomic E-state index is 11.2. The summed E-state index contributed by atoms with van der Waals surface area (Å²) in [6.07, 6.45) is 0.394. The van der Waals surface area contributed by atoms with Gasteiger partial charge in [-0.15, -0.1) is 0 Å². The molecule has 0 aromatic heterocycles. The summed E-state index contributed by atoms with van der Waals surface area (Å²) in [5.74, 6) is -1.20. The van der Waals surface area contributed by atoms with E-state index in [1.54, 1.807) is 0 Å². The van der Waals surface area contributed by atoms with Crippen LogP contribution in [0.25, 0.3) is 0 Å². The predicted octanol–water partition coefficient (Wildman–Crippen LogP) is 2.96. The minimum Gasteiger partial charge on any atom is -0.412 e. The summed E-state index contributed by atoms with van der Waals surface area (Å²) < 4.78 is 16.8. The lowest BCUT2D eigenvalue weighted by atomic mass is 10.0. The van der Waals surface area contributed by atoms with Crippen LogP contribution in [0.3, 0.4) is 0 Å². The predicted molar refractivity (Wildman–Crippen MR) is 79.4 cm³/mol. The van der Waals surface area contributed by atoms with Gasteiger partial charge >= 0.3 is 6.09 Å². The summed E-state index contributed by atoms with van der Waals surface area (Å²) in [6.45, 7) is 1.99. The lowest BCUT2D eigenvalue weighted by molar-refractivity contribution is -0.251. The molecule has 2 N–H and O–H groups in total. The lowest BCUT2D eigenvalue weighted by Crippen LogP contribution is -2.38. The summed E-state index contributed by atoms with van der Waals surface area (Å²) in [6, 6.07) is 7.56. The van der Waals surface area contributed by atoms with Crippen LogP contribution in [0.2, 0.25) is 0 Å². The molecule has 0 saturated heterocycles. The molecule has 0 heterocycles. The number of amides is 1. The van der Waals surface area contributed by atoms with Crippen LogP contribution in [0.15, 0.2) is 24.3 Å². The minimum atomic E-state index is -1.20. The highest BCUT2D eigenvalue weighted by atomic mass is 127. The maximum Gasteiger partial charge on any atom is 0.407 e. The van der Waals surface area contributed by atoms with E-state index in [4.69, 9.17) is 19.9 Å². The number of benzene rings is 1. The molecule has 0 fully saturated rings. The molecule has 1 atom stereocenters. The first-order chi connectivity index (χ1) is 9.04. The van der Waals surface area contributed by atoms with Gasteiger partial charge in [0.1, 0.15) is 0 Å². The summed E-state index contributed by atoms with van der Waals surface area (Å²) in [5, 5.41) is 0. The van der Waals surface area contributed by atoms with Gasteiger partial charge in [0.15, 0.2) is 6.79 Å². The third-order valence-electron chi connectivity index (χ3n) is 2.52. The van der Waals surface area contributed by atoms with Crippen LogP contribution in [0.5, 0.6) is 0 Å². The fourth-order valence-electron chi connectivity index (χ4n) is 1.81. The number of primary amides is 1. The number of hydrogen-bond acceptors (Lipinski definition) is 4. The standard InChI is InChI=1S/C13H18INO4/c1-3-7-13(18-9-17-2,19-12(15)16)10-5-4-6-11(14)8-10/h4-6,8H,3,7,9H2,1-2H3,(H2,15,16)/t13-/m0/s1. The summed E-state index contributed by atoms with van der Waals surface area (Å²) in [4.78, 5) is 11.2. The van der Waals surface area contributed by atoms with E-state index in [0.717, 1.165) is 15.6 Å². The van der Waals surface area contributed by atoms with Crippen molar-refractivity contribution in [2.24, 2.45) is 5.73 Å². The average Bonchev–Trinajstić information content (AvgIpc) is 2.35. The third kappa shape index (κ3) is 4.63. The monoisotopic (exact) mass is 379 g/mol. The van der Waals surface area contributed by atoms with Gasteiger partial charge < -0.3 is 19.9 Å². The van der Waals surface area contributed by atoms with Gasteiger partial charge in [-0.25, -0.2) is 4.79 Å². The van der Waals surface area contributed by atoms with Crippen LogP contribution >= 0.6 is 22.6 Å². The number of ether oxygens (including phenoxy) is 3. The van der Waals surface area contributed by atoms with Gasteiger partial charge in [-0.1, -0.05) is 19.1 Å². The fourth-order valence-corrected chi connectivity index (χ4v) is 2.35. The molecule has 1 aromatic carbocycles. The Morgan fingerprint density at radius 3 is 2.74 bits per heavy atom.